The highest BCUT2D eigenvalue weighted by atomic mass is 16.5. The molecule has 0 fully saturated rings. The minimum Gasteiger partial charge on any atom is -0.394 e. The number of aliphatic hydroxyl groups excluding tert-OH is 1. The molecule has 0 radical (unpaired) electrons. The molecule has 1 rings (SSSR count). The zero-order chi connectivity index (χ0) is 11.1. The van der Waals surface area contributed by atoms with Crippen molar-refractivity contribution in [2.45, 2.75) is 13.0 Å². The minimum atomic E-state index is -0.268. The van der Waals surface area contributed by atoms with Crippen molar-refractivity contribution in [1.82, 2.24) is 0 Å². The third-order valence-electron chi connectivity index (χ3n) is 2.21. The summed E-state index contributed by atoms with van der Waals surface area (Å²) in [5.74, 6) is -0.209. The summed E-state index contributed by atoms with van der Waals surface area (Å²) in [6, 6.07) is 9.56. The van der Waals surface area contributed by atoms with E-state index in [-0.39, 0.29) is 25.2 Å². The van der Waals surface area contributed by atoms with Crippen LogP contribution in [0.5, 0.6) is 0 Å². The number of aliphatic hydroxyl groups is 1. The average Bonchev–Trinajstić information content (AvgIpc) is 2.30. The van der Waals surface area contributed by atoms with Crippen LogP contribution in [0.3, 0.4) is 0 Å². The lowest BCUT2D eigenvalue weighted by molar-refractivity contribution is -0.116. The van der Waals surface area contributed by atoms with E-state index in [4.69, 9.17) is 9.84 Å². The lowest BCUT2D eigenvalue weighted by Crippen LogP contribution is -2.16. The van der Waals surface area contributed by atoms with Crippen LogP contribution in [0.1, 0.15) is 18.6 Å². The van der Waals surface area contributed by atoms with Crippen molar-refractivity contribution in [3.63, 3.8) is 0 Å². The van der Waals surface area contributed by atoms with Gasteiger partial charge in [-0.3, -0.25) is 0 Å². The van der Waals surface area contributed by atoms with Crippen LogP contribution in [-0.2, 0) is 9.53 Å². The monoisotopic (exact) mass is 208 g/mol. The molecule has 0 amide bonds. The standard InChI is InChI=1S/C12H16O3/c1-10(9-14)12(15-8-7-13)11-5-3-2-4-6-11/h2-6,9-10,12-13H,7-8H2,1H3. The summed E-state index contributed by atoms with van der Waals surface area (Å²) in [7, 11) is 0. The quantitative estimate of drug-likeness (QED) is 0.722. The SMILES string of the molecule is CC(C=O)C(OCCO)c1ccccc1. The fraction of sp³-hybridized carbons (Fsp3) is 0.417. The number of benzene rings is 1. The van der Waals surface area contributed by atoms with E-state index in [1.165, 1.54) is 0 Å². The molecular formula is C12H16O3. The van der Waals surface area contributed by atoms with Crippen molar-refractivity contribution in [3.05, 3.63) is 35.9 Å². The zero-order valence-corrected chi connectivity index (χ0v) is 8.80. The van der Waals surface area contributed by atoms with Gasteiger partial charge in [-0.1, -0.05) is 37.3 Å². The lowest BCUT2D eigenvalue weighted by Gasteiger charge is -2.20. The van der Waals surface area contributed by atoms with Crippen LogP contribution in [0.25, 0.3) is 0 Å². The summed E-state index contributed by atoms with van der Waals surface area (Å²) in [4.78, 5) is 10.7. The van der Waals surface area contributed by atoms with Gasteiger partial charge in [0.2, 0.25) is 0 Å². The van der Waals surface area contributed by atoms with Crippen LogP contribution < -0.4 is 0 Å². The highest BCUT2D eigenvalue weighted by Crippen LogP contribution is 2.24. The molecule has 0 saturated heterocycles. The van der Waals surface area contributed by atoms with Crippen molar-refractivity contribution in [2.75, 3.05) is 13.2 Å². The molecule has 1 aromatic carbocycles. The van der Waals surface area contributed by atoms with E-state index >= 15 is 0 Å². The third-order valence-corrected chi connectivity index (χ3v) is 2.21. The zero-order valence-electron chi connectivity index (χ0n) is 8.80. The molecule has 1 aromatic rings. The van der Waals surface area contributed by atoms with Crippen LogP contribution in [0, 0.1) is 5.92 Å². The minimum absolute atomic E-state index is 0.0328. The van der Waals surface area contributed by atoms with Crippen LogP contribution in [0.15, 0.2) is 30.3 Å². The maximum absolute atomic E-state index is 10.7. The van der Waals surface area contributed by atoms with E-state index in [2.05, 4.69) is 0 Å². The molecule has 3 heteroatoms. The van der Waals surface area contributed by atoms with Crippen LogP contribution in [-0.4, -0.2) is 24.6 Å². The van der Waals surface area contributed by atoms with Gasteiger partial charge in [0, 0.05) is 5.92 Å². The predicted molar refractivity (Wildman–Crippen MR) is 57.4 cm³/mol. The summed E-state index contributed by atoms with van der Waals surface area (Å²) in [5.41, 5.74) is 0.963. The first-order chi connectivity index (χ1) is 7.29. The van der Waals surface area contributed by atoms with Crippen molar-refractivity contribution in [1.29, 1.82) is 0 Å². The Morgan fingerprint density at radius 1 is 1.40 bits per heavy atom. The molecule has 3 nitrogen and oxygen atoms in total. The molecule has 0 aromatic heterocycles. The Bertz CT molecular complexity index is 284. The van der Waals surface area contributed by atoms with Crippen molar-refractivity contribution in [3.8, 4) is 0 Å². The molecule has 15 heavy (non-hydrogen) atoms. The topological polar surface area (TPSA) is 46.5 Å². The van der Waals surface area contributed by atoms with Gasteiger partial charge in [0.15, 0.2) is 0 Å². The second-order valence-corrected chi connectivity index (χ2v) is 3.42. The van der Waals surface area contributed by atoms with E-state index in [0.717, 1.165) is 11.8 Å². The largest absolute Gasteiger partial charge is 0.394 e. The molecular weight excluding hydrogens is 192 g/mol. The molecule has 82 valence electrons. The van der Waals surface area contributed by atoms with Gasteiger partial charge in [-0.05, 0) is 5.56 Å². The van der Waals surface area contributed by atoms with Crippen molar-refractivity contribution >= 4 is 6.29 Å². The van der Waals surface area contributed by atoms with Gasteiger partial charge in [-0.2, -0.15) is 0 Å². The molecule has 0 aliphatic heterocycles. The summed E-state index contributed by atoms with van der Waals surface area (Å²) < 4.78 is 5.45. The molecule has 1 N–H and O–H groups in total. The Balaban J connectivity index is 2.76. The van der Waals surface area contributed by atoms with E-state index in [1.807, 2.05) is 37.3 Å². The highest BCUT2D eigenvalue weighted by Gasteiger charge is 2.18. The predicted octanol–water partition coefficient (Wildman–Crippen LogP) is 1.57. The third kappa shape index (κ3) is 3.46. The average molecular weight is 208 g/mol. The lowest BCUT2D eigenvalue weighted by atomic mass is 9.98. The molecule has 0 bridgehead atoms. The summed E-state index contributed by atoms with van der Waals surface area (Å²) in [6.45, 7) is 2.02. The maximum Gasteiger partial charge on any atom is 0.125 e. The Morgan fingerprint density at radius 2 is 2.07 bits per heavy atom. The number of rotatable bonds is 6. The van der Waals surface area contributed by atoms with E-state index < -0.39 is 0 Å². The Morgan fingerprint density at radius 3 is 2.60 bits per heavy atom. The number of carbonyl (C=O) groups is 1. The second-order valence-electron chi connectivity index (χ2n) is 3.42. The van der Waals surface area contributed by atoms with E-state index in [0.29, 0.717) is 0 Å². The van der Waals surface area contributed by atoms with Gasteiger partial charge in [0.25, 0.3) is 0 Å². The van der Waals surface area contributed by atoms with E-state index in [1.54, 1.807) is 0 Å². The van der Waals surface area contributed by atoms with Gasteiger partial charge < -0.3 is 14.6 Å². The Hall–Kier alpha value is -1.19. The van der Waals surface area contributed by atoms with Gasteiger partial charge in [0.1, 0.15) is 6.29 Å². The second kappa shape index (κ2) is 6.32. The first kappa shape index (κ1) is 11.9. The summed E-state index contributed by atoms with van der Waals surface area (Å²) >= 11 is 0. The molecule has 2 atom stereocenters. The van der Waals surface area contributed by atoms with Gasteiger partial charge in [0.05, 0.1) is 19.3 Å². The first-order valence-electron chi connectivity index (χ1n) is 5.02. The van der Waals surface area contributed by atoms with Crippen LogP contribution >= 0.6 is 0 Å². The number of ether oxygens (including phenoxy) is 1. The molecule has 0 aliphatic carbocycles. The van der Waals surface area contributed by atoms with Gasteiger partial charge in [-0.15, -0.1) is 0 Å². The molecule has 0 heterocycles. The van der Waals surface area contributed by atoms with E-state index in [9.17, 15) is 4.79 Å². The van der Waals surface area contributed by atoms with Crippen LogP contribution in [0.2, 0.25) is 0 Å². The number of hydrogen-bond donors (Lipinski definition) is 1. The summed E-state index contributed by atoms with van der Waals surface area (Å²) in [6.07, 6.45) is 0.602. The Kier molecular flexibility index (Phi) is 5.01. The summed E-state index contributed by atoms with van der Waals surface area (Å²) in [5, 5.41) is 8.70. The normalized spacial score (nSPS) is 14.5. The first-order valence-corrected chi connectivity index (χ1v) is 5.02. The number of hydrogen-bond acceptors (Lipinski definition) is 3. The molecule has 0 spiro atoms. The fourth-order valence-corrected chi connectivity index (χ4v) is 1.45. The van der Waals surface area contributed by atoms with Crippen molar-refractivity contribution < 1.29 is 14.6 Å². The van der Waals surface area contributed by atoms with Crippen LogP contribution in [0.4, 0.5) is 0 Å². The fourth-order valence-electron chi connectivity index (χ4n) is 1.45. The smallest absolute Gasteiger partial charge is 0.125 e. The number of aldehydes is 1. The van der Waals surface area contributed by atoms with Gasteiger partial charge >= 0.3 is 0 Å². The molecule has 2 unspecified atom stereocenters. The molecule has 0 saturated carbocycles. The molecule has 0 aliphatic rings. The highest BCUT2D eigenvalue weighted by molar-refractivity contribution is 5.54. The van der Waals surface area contributed by atoms with Crippen molar-refractivity contribution in [2.24, 2.45) is 5.92 Å². The number of carbonyl (C=O) groups excluding carboxylic acids is 1. The Labute approximate surface area is 89.7 Å². The maximum atomic E-state index is 10.7. The van der Waals surface area contributed by atoms with Gasteiger partial charge in [-0.25, -0.2) is 0 Å².